The molecule has 0 atom stereocenters. The Morgan fingerprint density at radius 1 is 1.15 bits per heavy atom. The molecular weight excluding hydrogens is 349 g/mol. The molecule has 8 heteroatoms. The molecule has 0 aliphatic carbocycles. The van der Waals surface area contributed by atoms with Crippen LogP contribution in [0.2, 0.25) is 0 Å². The number of hydrogen-bond donors (Lipinski definition) is 3. The number of aliphatic hydroxyl groups is 1. The third-order valence-corrected chi connectivity index (χ3v) is 3.50. The highest BCUT2D eigenvalue weighted by Crippen LogP contribution is 2.27. The van der Waals surface area contributed by atoms with Crippen LogP contribution in [0.25, 0.3) is 0 Å². The molecule has 26 heavy (non-hydrogen) atoms. The standard InChI is InChI=1S/C18H19F3N2O3/c1-12-6-7-15(16(8-12)26-11-18(19,20)21)23-17(25)22-9-13-4-2-3-5-14(13)10-24/h2-8,24H,9-11H2,1H3,(H2,22,23,25). The highest BCUT2D eigenvalue weighted by atomic mass is 19.4. The highest BCUT2D eigenvalue weighted by molar-refractivity contribution is 5.91. The average Bonchev–Trinajstić information content (AvgIpc) is 2.59. The number of amides is 2. The first-order valence-corrected chi connectivity index (χ1v) is 7.81. The first-order chi connectivity index (χ1) is 12.3. The minimum absolute atomic E-state index is 0.0618. The second kappa shape index (κ2) is 8.57. The lowest BCUT2D eigenvalue weighted by Gasteiger charge is -2.15. The van der Waals surface area contributed by atoms with Gasteiger partial charge in [0.15, 0.2) is 6.61 Å². The number of benzene rings is 2. The number of ether oxygens (including phenoxy) is 1. The Labute approximate surface area is 148 Å². The fourth-order valence-electron chi connectivity index (χ4n) is 2.24. The van der Waals surface area contributed by atoms with Crippen molar-refractivity contribution in [2.24, 2.45) is 0 Å². The van der Waals surface area contributed by atoms with Crippen LogP contribution >= 0.6 is 0 Å². The van der Waals surface area contributed by atoms with Crippen LogP contribution in [0.15, 0.2) is 42.5 Å². The number of rotatable bonds is 6. The average molecular weight is 368 g/mol. The maximum absolute atomic E-state index is 12.4. The van der Waals surface area contributed by atoms with Crippen molar-refractivity contribution in [1.29, 1.82) is 0 Å². The van der Waals surface area contributed by atoms with Gasteiger partial charge in [-0.1, -0.05) is 30.3 Å². The molecule has 2 aromatic rings. The lowest BCUT2D eigenvalue weighted by atomic mass is 10.1. The molecule has 0 unspecified atom stereocenters. The molecule has 5 nitrogen and oxygen atoms in total. The van der Waals surface area contributed by atoms with E-state index >= 15 is 0 Å². The van der Waals surface area contributed by atoms with E-state index in [2.05, 4.69) is 10.6 Å². The van der Waals surface area contributed by atoms with Crippen LogP contribution in [0.4, 0.5) is 23.7 Å². The van der Waals surface area contributed by atoms with Crippen molar-refractivity contribution < 1.29 is 27.8 Å². The fourth-order valence-corrected chi connectivity index (χ4v) is 2.24. The molecule has 2 rings (SSSR count). The van der Waals surface area contributed by atoms with Crippen LogP contribution in [0, 0.1) is 6.92 Å². The third-order valence-electron chi connectivity index (χ3n) is 3.50. The van der Waals surface area contributed by atoms with Crippen molar-refractivity contribution in [3.05, 3.63) is 59.2 Å². The van der Waals surface area contributed by atoms with Crippen molar-refractivity contribution in [2.45, 2.75) is 26.3 Å². The fraction of sp³-hybridized carbons (Fsp3) is 0.278. The molecule has 0 aromatic heterocycles. The number of aryl methyl sites for hydroxylation is 1. The summed E-state index contributed by atoms with van der Waals surface area (Å²) in [6.45, 7) is 0.257. The lowest BCUT2D eigenvalue weighted by Crippen LogP contribution is -2.29. The summed E-state index contributed by atoms with van der Waals surface area (Å²) < 4.78 is 41.9. The first kappa shape index (κ1) is 19.6. The van der Waals surface area contributed by atoms with Gasteiger partial charge in [-0.05, 0) is 35.7 Å². The summed E-state index contributed by atoms with van der Waals surface area (Å²) in [6, 6.07) is 11.0. The number of hydrogen-bond acceptors (Lipinski definition) is 3. The molecule has 0 saturated carbocycles. The van der Waals surface area contributed by atoms with Gasteiger partial charge in [0.25, 0.3) is 0 Å². The maximum atomic E-state index is 12.4. The Kier molecular flexibility index (Phi) is 6.46. The van der Waals surface area contributed by atoms with Crippen LogP contribution in [0.3, 0.4) is 0 Å². The summed E-state index contributed by atoms with van der Waals surface area (Å²) in [4.78, 5) is 12.1. The molecule has 0 spiro atoms. The van der Waals surface area contributed by atoms with E-state index in [1.165, 1.54) is 12.1 Å². The van der Waals surface area contributed by atoms with Crippen LogP contribution in [0.5, 0.6) is 5.75 Å². The third kappa shape index (κ3) is 5.96. The van der Waals surface area contributed by atoms with Gasteiger partial charge in [0.05, 0.1) is 12.3 Å². The summed E-state index contributed by atoms with van der Waals surface area (Å²) in [5, 5.41) is 14.3. The van der Waals surface area contributed by atoms with Crippen LogP contribution < -0.4 is 15.4 Å². The number of anilines is 1. The monoisotopic (exact) mass is 368 g/mol. The predicted molar refractivity (Wildman–Crippen MR) is 91.0 cm³/mol. The van der Waals surface area contributed by atoms with Gasteiger partial charge >= 0.3 is 12.2 Å². The molecule has 0 aliphatic rings. The van der Waals surface area contributed by atoms with Crippen LogP contribution in [0.1, 0.15) is 16.7 Å². The smallest absolute Gasteiger partial charge is 0.422 e. The van der Waals surface area contributed by atoms with Gasteiger partial charge in [0, 0.05) is 6.54 Å². The van der Waals surface area contributed by atoms with E-state index in [-0.39, 0.29) is 24.6 Å². The molecule has 0 radical (unpaired) electrons. The zero-order valence-corrected chi connectivity index (χ0v) is 14.1. The van der Waals surface area contributed by atoms with Crippen molar-refractivity contribution >= 4 is 11.7 Å². The summed E-state index contributed by atoms with van der Waals surface area (Å²) in [7, 11) is 0. The zero-order valence-electron chi connectivity index (χ0n) is 14.1. The number of aliphatic hydroxyl groups excluding tert-OH is 1. The van der Waals surface area contributed by atoms with E-state index in [0.29, 0.717) is 11.1 Å². The summed E-state index contributed by atoms with van der Waals surface area (Å²) in [5.41, 5.74) is 2.25. The molecular formula is C18H19F3N2O3. The largest absolute Gasteiger partial charge is 0.482 e. The number of alkyl halides is 3. The van der Waals surface area contributed by atoms with Gasteiger partial charge in [-0.15, -0.1) is 0 Å². The Bertz CT molecular complexity index is 764. The van der Waals surface area contributed by atoms with E-state index in [1.54, 1.807) is 37.3 Å². The molecule has 0 heterocycles. The minimum Gasteiger partial charge on any atom is -0.482 e. The van der Waals surface area contributed by atoms with Crippen LogP contribution in [-0.2, 0) is 13.2 Å². The lowest BCUT2D eigenvalue weighted by molar-refractivity contribution is -0.153. The van der Waals surface area contributed by atoms with Crippen molar-refractivity contribution in [3.63, 3.8) is 0 Å². The number of nitrogens with one attached hydrogen (secondary N) is 2. The zero-order chi connectivity index (χ0) is 19.2. The molecule has 3 N–H and O–H groups in total. The topological polar surface area (TPSA) is 70.6 Å². The van der Waals surface area contributed by atoms with Crippen molar-refractivity contribution in [1.82, 2.24) is 5.32 Å². The molecule has 0 fully saturated rings. The highest BCUT2D eigenvalue weighted by Gasteiger charge is 2.29. The second-order valence-electron chi connectivity index (χ2n) is 5.64. The normalized spacial score (nSPS) is 11.1. The minimum atomic E-state index is -4.47. The Morgan fingerprint density at radius 2 is 1.85 bits per heavy atom. The van der Waals surface area contributed by atoms with Gasteiger partial charge in [0.1, 0.15) is 5.75 Å². The van der Waals surface area contributed by atoms with Gasteiger partial charge in [-0.2, -0.15) is 13.2 Å². The van der Waals surface area contributed by atoms with E-state index in [4.69, 9.17) is 4.74 Å². The van der Waals surface area contributed by atoms with Crippen molar-refractivity contribution in [3.8, 4) is 5.75 Å². The number of carbonyl (C=O) groups is 1. The molecule has 0 aliphatic heterocycles. The Hall–Kier alpha value is -2.74. The van der Waals surface area contributed by atoms with E-state index < -0.39 is 18.8 Å². The first-order valence-electron chi connectivity index (χ1n) is 7.81. The predicted octanol–water partition coefficient (Wildman–Crippen LogP) is 3.75. The maximum Gasteiger partial charge on any atom is 0.422 e. The van der Waals surface area contributed by atoms with Crippen molar-refractivity contribution in [2.75, 3.05) is 11.9 Å². The van der Waals surface area contributed by atoms with E-state index in [9.17, 15) is 23.1 Å². The van der Waals surface area contributed by atoms with Gasteiger partial charge in [0.2, 0.25) is 0 Å². The van der Waals surface area contributed by atoms with E-state index in [0.717, 1.165) is 5.56 Å². The SMILES string of the molecule is Cc1ccc(NC(=O)NCc2ccccc2CO)c(OCC(F)(F)F)c1. The van der Waals surface area contributed by atoms with E-state index in [1.807, 2.05) is 0 Å². The molecule has 2 amide bonds. The summed E-state index contributed by atoms with van der Waals surface area (Å²) in [6.07, 6.45) is -4.47. The molecule has 0 bridgehead atoms. The van der Waals surface area contributed by atoms with Gasteiger partial charge in [-0.25, -0.2) is 4.79 Å². The van der Waals surface area contributed by atoms with Gasteiger partial charge < -0.3 is 20.5 Å². The Morgan fingerprint density at radius 3 is 2.50 bits per heavy atom. The summed E-state index contributed by atoms with van der Waals surface area (Å²) >= 11 is 0. The molecule has 0 saturated heterocycles. The summed E-state index contributed by atoms with van der Waals surface area (Å²) in [5.74, 6) is -0.0618. The Balaban J connectivity index is 2.02. The number of carbonyl (C=O) groups excluding carboxylic acids is 1. The molecule has 140 valence electrons. The number of halogens is 3. The molecule has 2 aromatic carbocycles. The second-order valence-corrected chi connectivity index (χ2v) is 5.64. The van der Waals surface area contributed by atoms with Gasteiger partial charge in [-0.3, -0.25) is 0 Å². The number of urea groups is 1. The quantitative estimate of drug-likeness (QED) is 0.727. The van der Waals surface area contributed by atoms with Crippen LogP contribution in [-0.4, -0.2) is 23.9 Å².